The van der Waals surface area contributed by atoms with E-state index in [1.54, 1.807) is 7.05 Å². The van der Waals surface area contributed by atoms with Gasteiger partial charge in [-0.1, -0.05) is 44.4 Å². The molecule has 3 rings (SSSR count). The van der Waals surface area contributed by atoms with E-state index in [0.29, 0.717) is 18.0 Å². The first-order valence-electron chi connectivity index (χ1n) is 8.58. The minimum Gasteiger partial charge on any atom is -0.313 e. The molecule has 2 heterocycles. The van der Waals surface area contributed by atoms with Crippen molar-refractivity contribution in [1.82, 2.24) is 20.0 Å². The molecule has 0 radical (unpaired) electrons. The maximum absolute atomic E-state index is 12.8. The van der Waals surface area contributed by atoms with E-state index in [0.717, 1.165) is 29.2 Å². The lowest BCUT2D eigenvalue weighted by molar-refractivity contribution is -0.136. The van der Waals surface area contributed by atoms with E-state index in [9.17, 15) is 14.4 Å². The molecule has 1 saturated carbocycles. The van der Waals surface area contributed by atoms with Gasteiger partial charge in [0, 0.05) is 13.0 Å². The Bertz CT molecular complexity index is 696. The standard InChI is InChI=1S/C16H23N5O3S/c1-10(2)12-18-19-14(25-12)17-11(22)9-21-13(23)16(20(3)15(21)24)7-5-4-6-8-16/h10H,4-9H2,1-3H3,(H,17,19,22). The van der Waals surface area contributed by atoms with Crippen LogP contribution in [0, 0.1) is 0 Å². The second-order valence-corrected chi connectivity index (χ2v) is 7.98. The monoisotopic (exact) mass is 365 g/mol. The number of hydrogen-bond acceptors (Lipinski definition) is 6. The topological polar surface area (TPSA) is 95.5 Å². The third-order valence-corrected chi connectivity index (χ3v) is 6.11. The third kappa shape index (κ3) is 3.12. The number of nitrogens with zero attached hydrogens (tertiary/aromatic N) is 4. The van der Waals surface area contributed by atoms with Crippen LogP contribution in [-0.2, 0) is 9.59 Å². The zero-order valence-corrected chi connectivity index (χ0v) is 15.6. The average molecular weight is 365 g/mol. The molecule has 1 aromatic heterocycles. The summed E-state index contributed by atoms with van der Waals surface area (Å²) in [4.78, 5) is 40.2. The Morgan fingerprint density at radius 3 is 2.52 bits per heavy atom. The van der Waals surface area contributed by atoms with Crippen molar-refractivity contribution >= 4 is 34.3 Å². The first-order chi connectivity index (χ1) is 11.8. The molecule has 1 saturated heterocycles. The molecule has 4 amide bonds. The lowest BCUT2D eigenvalue weighted by Crippen LogP contribution is -2.49. The molecule has 0 unspecified atom stereocenters. The first kappa shape index (κ1) is 17.8. The summed E-state index contributed by atoms with van der Waals surface area (Å²) in [5.74, 6) is -0.464. The van der Waals surface area contributed by atoms with Gasteiger partial charge in [-0.25, -0.2) is 4.79 Å². The molecule has 2 fully saturated rings. The molecule has 136 valence electrons. The van der Waals surface area contributed by atoms with Crippen LogP contribution in [0.3, 0.4) is 0 Å². The lowest BCUT2D eigenvalue weighted by Gasteiger charge is -2.35. The second kappa shape index (κ2) is 6.70. The lowest BCUT2D eigenvalue weighted by atomic mass is 9.81. The molecule has 25 heavy (non-hydrogen) atoms. The molecule has 1 spiro atoms. The first-order valence-corrected chi connectivity index (χ1v) is 9.40. The largest absolute Gasteiger partial charge is 0.327 e. The summed E-state index contributed by atoms with van der Waals surface area (Å²) in [6.45, 7) is 3.70. The van der Waals surface area contributed by atoms with Gasteiger partial charge in [-0.05, 0) is 12.8 Å². The van der Waals surface area contributed by atoms with Gasteiger partial charge in [-0.15, -0.1) is 10.2 Å². The molecule has 1 N–H and O–H groups in total. The minimum atomic E-state index is -0.761. The molecule has 0 atom stereocenters. The highest BCUT2D eigenvalue weighted by Crippen LogP contribution is 2.39. The SMILES string of the molecule is CC(C)c1nnc(NC(=O)CN2C(=O)N(C)C3(CCCCC3)C2=O)s1. The fourth-order valence-corrected chi connectivity index (χ4v) is 4.25. The predicted molar refractivity (Wildman–Crippen MR) is 93.3 cm³/mol. The van der Waals surface area contributed by atoms with E-state index in [4.69, 9.17) is 0 Å². The summed E-state index contributed by atoms with van der Waals surface area (Å²) >= 11 is 1.30. The number of amides is 4. The summed E-state index contributed by atoms with van der Waals surface area (Å²) in [7, 11) is 1.66. The molecule has 2 aliphatic rings. The van der Waals surface area contributed by atoms with Gasteiger partial charge in [0.05, 0.1) is 0 Å². The predicted octanol–water partition coefficient (Wildman–Crippen LogP) is 2.20. The van der Waals surface area contributed by atoms with Crippen LogP contribution in [0.2, 0.25) is 0 Å². The number of rotatable bonds is 4. The number of nitrogens with one attached hydrogen (secondary N) is 1. The Kier molecular flexibility index (Phi) is 4.77. The van der Waals surface area contributed by atoms with Crippen LogP contribution in [0.1, 0.15) is 56.9 Å². The van der Waals surface area contributed by atoms with Gasteiger partial charge in [0.25, 0.3) is 5.91 Å². The van der Waals surface area contributed by atoms with Crippen LogP contribution >= 0.6 is 11.3 Å². The Morgan fingerprint density at radius 1 is 1.24 bits per heavy atom. The van der Waals surface area contributed by atoms with Crippen LogP contribution in [0.5, 0.6) is 0 Å². The Hall–Kier alpha value is -2.03. The zero-order chi connectivity index (χ0) is 18.2. The summed E-state index contributed by atoms with van der Waals surface area (Å²) in [6.07, 6.45) is 4.26. The van der Waals surface area contributed by atoms with E-state index in [1.807, 2.05) is 13.8 Å². The van der Waals surface area contributed by atoms with Crippen LogP contribution in [0.15, 0.2) is 0 Å². The summed E-state index contributed by atoms with van der Waals surface area (Å²) < 4.78 is 0. The van der Waals surface area contributed by atoms with Gasteiger partial charge < -0.3 is 4.90 Å². The van der Waals surface area contributed by atoms with Crippen molar-refractivity contribution in [2.24, 2.45) is 0 Å². The molecular formula is C16H23N5O3S. The van der Waals surface area contributed by atoms with Gasteiger partial charge in [0.2, 0.25) is 11.0 Å². The zero-order valence-electron chi connectivity index (χ0n) is 14.7. The molecule has 8 nitrogen and oxygen atoms in total. The number of hydrogen-bond donors (Lipinski definition) is 1. The van der Waals surface area contributed by atoms with E-state index in [1.165, 1.54) is 16.2 Å². The van der Waals surface area contributed by atoms with Gasteiger partial charge >= 0.3 is 6.03 Å². The second-order valence-electron chi connectivity index (χ2n) is 6.97. The van der Waals surface area contributed by atoms with Gasteiger partial charge in [-0.3, -0.25) is 19.8 Å². The highest BCUT2D eigenvalue weighted by atomic mass is 32.1. The molecule has 9 heteroatoms. The highest BCUT2D eigenvalue weighted by molar-refractivity contribution is 7.15. The Balaban J connectivity index is 1.68. The molecule has 1 aromatic rings. The summed E-state index contributed by atoms with van der Waals surface area (Å²) in [5, 5.41) is 11.8. The molecule has 0 aromatic carbocycles. The molecule has 1 aliphatic carbocycles. The Morgan fingerprint density at radius 2 is 1.92 bits per heavy atom. The molecular weight excluding hydrogens is 342 g/mol. The number of aromatic nitrogens is 2. The van der Waals surface area contributed by atoms with Gasteiger partial charge in [0.1, 0.15) is 17.1 Å². The molecule has 1 aliphatic heterocycles. The summed E-state index contributed by atoms with van der Waals surface area (Å²) in [6, 6.07) is -0.401. The van der Waals surface area contributed by atoms with Crippen LogP contribution in [0.25, 0.3) is 0 Å². The smallest absolute Gasteiger partial charge is 0.313 e. The van der Waals surface area contributed by atoms with Crippen molar-refractivity contribution in [2.75, 3.05) is 18.9 Å². The number of urea groups is 1. The maximum Gasteiger partial charge on any atom is 0.327 e. The van der Waals surface area contributed by atoms with Crippen LogP contribution in [0.4, 0.5) is 9.93 Å². The normalized spacial score (nSPS) is 20.0. The van der Waals surface area contributed by atoms with Crippen molar-refractivity contribution in [3.05, 3.63) is 5.01 Å². The van der Waals surface area contributed by atoms with Crippen LogP contribution in [-0.4, -0.2) is 57.0 Å². The number of likely N-dealkylation sites (N-methyl/N-ethyl adjacent to an activating group) is 1. The van der Waals surface area contributed by atoms with Crippen LogP contribution < -0.4 is 5.32 Å². The van der Waals surface area contributed by atoms with Crippen molar-refractivity contribution in [1.29, 1.82) is 0 Å². The van der Waals surface area contributed by atoms with Crippen molar-refractivity contribution in [2.45, 2.75) is 57.4 Å². The van der Waals surface area contributed by atoms with E-state index in [2.05, 4.69) is 15.5 Å². The number of carbonyl (C=O) groups excluding carboxylic acids is 3. The third-order valence-electron chi connectivity index (χ3n) is 4.97. The quantitative estimate of drug-likeness (QED) is 0.825. The summed E-state index contributed by atoms with van der Waals surface area (Å²) in [5.41, 5.74) is -0.761. The molecule has 0 bridgehead atoms. The fraction of sp³-hybridized carbons (Fsp3) is 0.688. The number of carbonyl (C=O) groups is 3. The minimum absolute atomic E-state index is 0.227. The van der Waals surface area contributed by atoms with Crippen molar-refractivity contribution in [3.8, 4) is 0 Å². The van der Waals surface area contributed by atoms with Crippen molar-refractivity contribution < 1.29 is 14.4 Å². The van der Waals surface area contributed by atoms with Crippen molar-refractivity contribution in [3.63, 3.8) is 0 Å². The van der Waals surface area contributed by atoms with Gasteiger partial charge in [0.15, 0.2) is 0 Å². The fourth-order valence-electron chi connectivity index (χ4n) is 3.49. The highest BCUT2D eigenvalue weighted by Gasteiger charge is 2.55. The number of anilines is 1. The average Bonchev–Trinajstić information content (AvgIpc) is 3.12. The van der Waals surface area contributed by atoms with E-state index in [-0.39, 0.29) is 18.4 Å². The van der Waals surface area contributed by atoms with Gasteiger partial charge in [-0.2, -0.15) is 0 Å². The Labute approximate surface area is 150 Å². The maximum atomic E-state index is 12.8. The van der Waals surface area contributed by atoms with E-state index < -0.39 is 17.5 Å². The number of imide groups is 1. The van der Waals surface area contributed by atoms with E-state index >= 15 is 0 Å².